The lowest BCUT2D eigenvalue weighted by Crippen LogP contribution is -2.02. The van der Waals surface area contributed by atoms with Crippen LogP contribution in [0.5, 0.6) is 0 Å². The van der Waals surface area contributed by atoms with Gasteiger partial charge < -0.3 is 11.1 Å². The summed E-state index contributed by atoms with van der Waals surface area (Å²) in [6.45, 7) is 1.95. The Morgan fingerprint density at radius 1 is 1.38 bits per heavy atom. The van der Waals surface area contributed by atoms with Gasteiger partial charge in [0.25, 0.3) is 0 Å². The second-order valence-electron chi connectivity index (χ2n) is 3.23. The Labute approximate surface area is 97.7 Å². The van der Waals surface area contributed by atoms with Gasteiger partial charge in [-0.15, -0.1) is 0 Å². The lowest BCUT2D eigenvalue weighted by molar-refractivity contribution is 1.16. The first-order valence-electron chi connectivity index (χ1n) is 4.64. The maximum atomic E-state index is 5.76. The van der Waals surface area contributed by atoms with Gasteiger partial charge in [-0.05, 0) is 18.6 Å². The van der Waals surface area contributed by atoms with E-state index in [4.69, 9.17) is 17.3 Å². The Morgan fingerprint density at radius 3 is 2.88 bits per heavy atom. The van der Waals surface area contributed by atoms with Crippen LogP contribution in [0.4, 0.5) is 17.6 Å². The number of nitrogens with two attached hydrogens (primary N) is 1. The van der Waals surface area contributed by atoms with Crippen LogP contribution in [-0.4, -0.2) is 15.0 Å². The van der Waals surface area contributed by atoms with E-state index in [-0.39, 0.29) is 5.95 Å². The third-order valence-corrected chi connectivity index (χ3v) is 2.16. The van der Waals surface area contributed by atoms with Gasteiger partial charge in [-0.3, -0.25) is 0 Å². The molecule has 0 spiro atoms. The number of nitrogen functional groups attached to an aromatic ring is 1. The molecule has 2 heterocycles. The van der Waals surface area contributed by atoms with E-state index in [1.165, 1.54) is 0 Å². The summed E-state index contributed by atoms with van der Waals surface area (Å²) in [5, 5.41) is 3.32. The van der Waals surface area contributed by atoms with Crippen LogP contribution in [0.25, 0.3) is 0 Å². The van der Waals surface area contributed by atoms with Crippen LogP contribution in [0, 0.1) is 6.92 Å². The van der Waals surface area contributed by atoms with Crippen LogP contribution >= 0.6 is 11.6 Å². The smallest absolute Gasteiger partial charge is 0.223 e. The molecular weight excluding hydrogens is 226 g/mol. The minimum absolute atomic E-state index is 0.128. The highest BCUT2D eigenvalue weighted by molar-refractivity contribution is 6.29. The average molecular weight is 236 g/mol. The summed E-state index contributed by atoms with van der Waals surface area (Å²) in [5.41, 5.74) is 6.49. The summed E-state index contributed by atoms with van der Waals surface area (Å²) in [6.07, 6.45) is 1.70. The largest absolute Gasteiger partial charge is 0.368 e. The number of aromatic nitrogens is 3. The van der Waals surface area contributed by atoms with Crippen molar-refractivity contribution in [3.8, 4) is 0 Å². The van der Waals surface area contributed by atoms with Gasteiger partial charge in [0.1, 0.15) is 16.8 Å². The number of aryl methyl sites for hydroxylation is 1. The summed E-state index contributed by atoms with van der Waals surface area (Å²) >= 11 is 5.76. The zero-order valence-electron chi connectivity index (χ0n) is 8.61. The topological polar surface area (TPSA) is 76.7 Å². The van der Waals surface area contributed by atoms with Crippen molar-refractivity contribution in [2.45, 2.75) is 6.92 Å². The minimum Gasteiger partial charge on any atom is -0.368 e. The quantitative estimate of drug-likeness (QED) is 0.780. The Kier molecular flexibility index (Phi) is 2.87. The summed E-state index contributed by atoms with van der Waals surface area (Å²) in [4.78, 5) is 11.9. The second-order valence-corrected chi connectivity index (χ2v) is 3.62. The van der Waals surface area contributed by atoms with Gasteiger partial charge in [0.2, 0.25) is 5.95 Å². The first kappa shape index (κ1) is 10.6. The van der Waals surface area contributed by atoms with E-state index in [1.807, 2.05) is 19.1 Å². The predicted molar refractivity (Wildman–Crippen MR) is 63.7 cm³/mol. The van der Waals surface area contributed by atoms with Crippen molar-refractivity contribution in [1.82, 2.24) is 15.0 Å². The molecule has 2 rings (SSSR count). The van der Waals surface area contributed by atoms with E-state index >= 15 is 0 Å². The number of anilines is 3. The third kappa shape index (κ3) is 2.38. The van der Waals surface area contributed by atoms with Crippen molar-refractivity contribution in [3.05, 3.63) is 35.1 Å². The first-order chi connectivity index (χ1) is 7.65. The van der Waals surface area contributed by atoms with E-state index in [1.54, 1.807) is 12.3 Å². The van der Waals surface area contributed by atoms with Crippen molar-refractivity contribution >= 4 is 29.2 Å². The monoisotopic (exact) mass is 235 g/mol. The van der Waals surface area contributed by atoms with Crippen molar-refractivity contribution in [3.63, 3.8) is 0 Å². The fraction of sp³-hybridized carbons (Fsp3) is 0.100. The van der Waals surface area contributed by atoms with Crippen LogP contribution in [-0.2, 0) is 0 Å². The van der Waals surface area contributed by atoms with Crippen LogP contribution in [0.15, 0.2) is 24.4 Å². The second kappa shape index (κ2) is 4.32. The molecule has 0 unspecified atom stereocenters. The van der Waals surface area contributed by atoms with Crippen molar-refractivity contribution in [2.24, 2.45) is 0 Å². The molecule has 0 aliphatic rings. The van der Waals surface area contributed by atoms with Crippen LogP contribution in [0.1, 0.15) is 5.56 Å². The number of hydrogen-bond donors (Lipinski definition) is 2. The SMILES string of the molecule is Cc1cccnc1Nc1cc(Cl)nc(N)n1. The number of rotatable bonds is 2. The van der Waals surface area contributed by atoms with Crippen molar-refractivity contribution in [2.75, 3.05) is 11.1 Å². The zero-order chi connectivity index (χ0) is 11.5. The zero-order valence-corrected chi connectivity index (χ0v) is 9.36. The molecule has 3 N–H and O–H groups in total. The van der Waals surface area contributed by atoms with Gasteiger partial charge in [0.15, 0.2) is 0 Å². The molecule has 0 bridgehead atoms. The molecule has 82 valence electrons. The van der Waals surface area contributed by atoms with Crippen molar-refractivity contribution < 1.29 is 0 Å². The van der Waals surface area contributed by atoms with Gasteiger partial charge in [-0.25, -0.2) is 9.97 Å². The maximum absolute atomic E-state index is 5.76. The van der Waals surface area contributed by atoms with Gasteiger partial charge in [-0.2, -0.15) is 4.98 Å². The average Bonchev–Trinajstić information content (AvgIpc) is 2.20. The molecule has 0 saturated heterocycles. The van der Waals surface area contributed by atoms with Crippen LogP contribution in [0.2, 0.25) is 5.15 Å². The number of hydrogen-bond acceptors (Lipinski definition) is 5. The van der Waals surface area contributed by atoms with Crippen molar-refractivity contribution in [1.29, 1.82) is 0 Å². The number of halogens is 1. The molecule has 2 aromatic heterocycles. The molecule has 2 aromatic rings. The fourth-order valence-corrected chi connectivity index (χ4v) is 1.43. The first-order valence-corrected chi connectivity index (χ1v) is 5.01. The van der Waals surface area contributed by atoms with Gasteiger partial charge >= 0.3 is 0 Å². The third-order valence-electron chi connectivity index (χ3n) is 1.97. The molecule has 0 fully saturated rings. The molecule has 16 heavy (non-hydrogen) atoms. The maximum Gasteiger partial charge on any atom is 0.223 e. The van der Waals surface area contributed by atoms with E-state index in [0.717, 1.165) is 11.4 Å². The number of nitrogens with zero attached hydrogens (tertiary/aromatic N) is 3. The summed E-state index contributed by atoms with van der Waals surface area (Å²) in [7, 11) is 0. The van der Waals surface area contributed by atoms with E-state index in [2.05, 4.69) is 20.3 Å². The highest BCUT2D eigenvalue weighted by atomic mass is 35.5. The highest BCUT2D eigenvalue weighted by Gasteiger charge is 2.03. The van der Waals surface area contributed by atoms with E-state index < -0.39 is 0 Å². The Bertz CT molecular complexity index is 494. The highest BCUT2D eigenvalue weighted by Crippen LogP contribution is 2.18. The molecule has 0 saturated carbocycles. The van der Waals surface area contributed by atoms with Crippen LogP contribution in [0.3, 0.4) is 0 Å². The summed E-state index contributed by atoms with van der Waals surface area (Å²) < 4.78 is 0. The fourth-order valence-electron chi connectivity index (χ4n) is 1.24. The molecule has 0 aliphatic carbocycles. The Balaban J connectivity index is 2.30. The lowest BCUT2D eigenvalue weighted by Gasteiger charge is -2.07. The molecule has 5 nitrogen and oxygen atoms in total. The molecule has 0 amide bonds. The standard InChI is InChI=1S/C10H10ClN5/c1-6-3-2-4-13-9(6)15-8-5-7(11)14-10(12)16-8/h2-5H,1H3,(H3,12,13,14,15,16). The molecule has 6 heteroatoms. The molecule has 0 atom stereocenters. The molecule has 0 radical (unpaired) electrons. The van der Waals surface area contributed by atoms with Gasteiger partial charge in [0, 0.05) is 12.3 Å². The number of pyridine rings is 1. The predicted octanol–water partition coefficient (Wildman–Crippen LogP) is 2.16. The Hall–Kier alpha value is -1.88. The van der Waals surface area contributed by atoms with Gasteiger partial charge in [-0.1, -0.05) is 17.7 Å². The molecular formula is C10H10ClN5. The number of nitrogens with one attached hydrogen (secondary N) is 1. The lowest BCUT2D eigenvalue weighted by atomic mass is 10.3. The van der Waals surface area contributed by atoms with Gasteiger partial charge in [0.05, 0.1) is 0 Å². The normalized spacial score (nSPS) is 10.1. The molecule has 0 aromatic carbocycles. The van der Waals surface area contributed by atoms with E-state index in [0.29, 0.717) is 11.0 Å². The summed E-state index contributed by atoms with van der Waals surface area (Å²) in [5.74, 6) is 1.37. The minimum atomic E-state index is 0.128. The van der Waals surface area contributed by atoms with Crippen LogP contribution < -0.4 is 11.1 Å². The summed E-state index contributed by atoms with van der Waals surface area (Å²) in [6, 6.07) is 5.40. The van der Waals surface area contributed by atoms with E-state index in [9.17, 15) is 0 Å². The Morgan fingerprint density at radius 2 is 2.19 bits per heavy atom. The molecule has 0 aliphatic heterocycles.